The summed E-state index contributed by atoms with van der Waals surface area (Å²) in [6, 6.07) is 8.49. The summed E-state index contributed by atoms with van der Waals surface area (Å²) < 4.78 is 0. The van der Waals surface area contributed by atoms with E-state index in [0.717, 1.165) is 35.1 Å². The van der Waals surface area contributed by atoms with E-state index in [1.807, 2.05) is 27.7 Å². The Morgan fingerprint density at radius 3 is 1.24 bits per heavy atom. The van der Waals surface area contributed by atoms with Crippen LogP contribution in [0.5, 0.6) is 11.5 Å². The molecule has 0 aliphatic heterocycles. The minimum atomic E-state index is -0.171. The summed E-state index contributed by atoms with van der Waals surface area (Å²) in [5.74, 6) is 1.24. The maximum Gasteiger partial charge on any atom is 0.121 e. The summed E-state index contributed by atoms with van der Waals surface area (Å²) in [4.78, 5) is 0. The van der Waals surface area contributed by atoms with E-state index in [2.05, 4.69) is 45.0 Å². The average molecular weight is 341 g/mol. The van der Waals surface area contributed by atoms with Crippen LogP contribution >= 0.6 is 0 Å². The first kappa shape index (κ1) is 19.4. The molecular weight excluding hydrogens is 308 g/mol. The second-order valence-electron chi connectivity index (χ2n) is 7.63. The first-order valence-electron chi connectivity index (χ1n) is 9.28. The van der Waals surface area contributed by atoms with E-state index in [1.54, 1.807) is 0 Å². The van der Waals surface area contributed by atoms with Gasteiger partial charge in [-0.05, 0) is 67.0 Å². The van der Waals surface area contributed by atoms with Crippen LogP contribution in [-0.4, -0.2) is 10.2 Å². The lowest BCUT2D eigenvalue weighted by Gasteiger charge is -2.39. The number of aromatic hydroxyl groups is 2. The van der Waals surface area contributed by atoms with Crippen LogP contribution in [0.1, 0.15) is 67.0 Å². The van der Waals surface area contributed by atoms with Gasteiger partial charge in [-0.15, -0.1) is 0 Å². The van der Waals surface area contributed by atoms with Gasteiger partial charge in [0.25, 0.3) is 0 Å². The van der Waals surface area contributed by atoms with Crippen LogP contribution in [0.15, 0.2) is 24.3 Å². The fourth-order valence-electron chi connectivity index (χ4n) is 4.25. The monoisotopic (exact) mass is 340 g/mol. The maximum atomic E-state index is 10.2. The summed E-state index contributed by atoms with van der Waals surface area (Å²) in [7, 11) is 0. The van der Waals surface area contributed by atoms with Crippen LogP contribution in [0.2, 0.25) is 0 Å². The predicted molar refractivity (Wildman–Crippen MR) is 106 cm³/mol. The van der Waals surface area contributed by atoms with Crippen LogP contribution in [-0.2, 0) is 5.41 Å². The Labute approximate surface area is 152 Å². The first-order chi connectivity index (χ1) is 11.7. The maximum absolute atomic E-state index is 10.2. The second kappa shape index (κ2) is 7.11. The molecule has 2 aromatic rings. The molecule has 0 saturated carbocycles. The molecule has 25 heavy (non-hydrogen) atoms. The molecule has 2 rings (SSSR count). The third kappa shape index (κ3) is 3.27. The zero-order chi connectivity index (χ0) is 18.9. The summed E-state index contributed by atoms with van der Waals surface area (Å²) >= 11 is 0. The first-order valence-corrected chi connectivity index (χ1v) is 9.28. The number of rotatable bonds is 5. The van der Waals surface area contributed by atoms with Crippen molar-refractivity contribution in [2.45, 2.75) is 66.7 Å². The highest BCUT2D eigenvalue weighted by Gasteiger charge is 2.37. The average Bonchev–Trinajstić information content (AvgIpc) is 2.57. The Balaban J connectivity index is 2.80. The van der Waals surface area contributed by atoms with Crippen molar-refractivity contribution in [3.8, 4) is 11.5 Å². The number of phenolic OH excluding ortho intramolecular Hbond substituents is 2. The van der Waals surface area contributed by atoms with E-state index in [1.165, 1.54) is 11.1 Å². The van der Waals surface area contributed by atoms with Gasteiger partial charge < -0.3 is 10.2 Å². The van der Waals surface area contributed by atoms with Crippen molar-refractivity contribution in [3.63, 3.8) is 0 Å². The molecule has 2 N–H and O–H groups in total. The van der Waals surface area contributed by atoms with E-state index < -0.39 is 0 Å². The van der Waals surface area contributed by atoms with Gasteiger partial charge >= 0.3 is 0 Å². The van der Waals surface area contributed by atoms with Crippen LogP contribution in [0.3, 0.4) is 0 Å². The summed E-state index contributed by atoms with van der Waals surface area (Å²) in [6.07, 6.45) is 2.15. The van der Waals surface area contributed by atoms with E-state index in [-0.39, 0.29) is 5.41 Å². The lowest BCUT2D eigenvalue weighted by Crippen LogP contribution is -2.33. The van der Waals surface area contributed by atoms with Crippen LogP contribution in [0.25, 0.3) is 0 Å². The van der Waals surface area contributed by atoms with E-state index >= 15 is 0 Å². The van der Waals surface area contributed by atoms with Gasteiger partial charge in [0, 0.05) is 5.41 Å². The Morgan fingerprint density at radius 1 is 0.720 bits per heavy atom. The predicted octanol–water partition coefficient (Wildman–Crippen LogP) is 6.07. The van der Waals surface area contributed by atoms with Crippen molar-refractivity contribution in [2.75, 3.05) is 0 Å². The normalized spacial score (nSPS) is 12.0. The zero-order valence-corrected chi connectivity index (χ0v) is 16.7. The van der Waals surface area contributed by atoms with Crippen molar-refractivity contribution in [1.82, 2.24) is 0 Å². The van der Waals surface area contributed by atoms with Gasteiger partial charge in [0.2, 0.25) is 0 Å². The van der Waals surface area contributed by atoms with Crippen molar-refractivity contribution < 1.29 is 10.2 Å². The summed E-state index contributed by atoms with van der Waals surface area (Å²) in [6.45, 7) is 14.7. The molecule has 2 aromatic carbocycles. The highest BCUT2D eigenvalue weighted by atomic mass is 16.3. The third-order valence-corrected chi connectivity index (χ3v) is 5.98. The zero-order valence-electron chi connectivity index (χ0n) is 16.7. The number of aryl methyl sites for hydroxylation is 4. The molecule has 0 aliphatic carbocycles. The molecule has 0 aliphatic rings. The lowest BCUT2D eigenvalue weighted by molar-refractivity contribution is 0.323. The minimum Gasteiger partial charge on any atom is -0.507 e. The van der Waals surface area contributed by atoms with Crippen molar-refractivity contribution in [3.05, 3.63) is 57.6 Å². The molecule has 0 fully saturated rings. The van der Waals surface area contributed by atoms with Crippen LogP contribution in [0, 0.1) is 33.6 Å². The van der Waals surface area contributed by atoms with E-state index in [0.29, 0.717) is 17.4 Å². The van der Waals surface area contributed by atoms with Gasteiger partial charge in [0.15, 0.2) is 0 Å². The molecule has 0 radical (unpaired) electrons. The minimum absolute atomic E-state index is 0.171. The largest absolute Gasteiger partial charge is 0.507 e. The van der Waals surface area contributed by atoms with E-state index in [4.69, 9.17) is 0 Å². The highest BCUT2D eigenvalue weighted by molar-refractivity contribution is 5.52. The molecule has 0 unspecified atom stereocenters. The van der Waals surface area contributed by atoms with E-state index in [9.17, 15) is 10.2 Å². The Kier molecular flexibility index (Phi) is 5.51. The van der Waals surface area contributed by atoms with Crippen molar-refractivity contribution in [2.24, 2.45) is 5.92 Å². The Morgan fingerprint density at radius 2 is 1.00 bits per heavy atom. The van der Waals surface area contributed by atoms with Gasteiger partial charge in [0.1, 0.15) is 11.5 Å². The smallest absolute Gasteiger partial charge is 0.121 e. The molecule has 0 spiro atoms. The summed E-state index contributed by atoms with van der Waals surface area (Å²) in [5.41, 5.74) is 5.96. The van der Waals surface area contributed by atoms with Gasteiger partial charge in [0.05, 0.1) is 0 Å². The van der Waals surface area contributed by atoms with Gasteiger partial charge in [-0.25, -0.2) is 0 Å². The standard InChI is InChI=1S/C23H32O2/c1-8-18(9-2)23(7,19-10-14(3)21(24)15(4)11-19)20-12-16(5)22(25)17(6)13-20/h10-13,18,24-25H,8-9H2,1-7H3. The van der Waals surface area contributed by atoms with Gasteiger partial charge in [-0.1, -0.05) is 57.9 Å². The molecule has 2 nitrogen and oxygen atoms in total. The number of hydrogen-bond donors (Lipinski definition) is 2. The number of benzene rings is 2. The van der Waals surface area contributed by atoms with Crippen LogP contribution < -0.4 is 0 Å². The van der Waals surface area contributed by atoms with Crippen molar-refractivity contribution >= 4 is 0 Å². The second-order valence-corrected chi connectivity index (χ2v) is 7.63. The molecule has 0 atom stereocenters. The quantitative estimate of drug-likeness (QED) is 0.693. The molecule has 0 amide bonds. The molecule has 0 aromatic heterocycles. The van der Waals surface area contributed by atoms with Gasteiger partial charge in [-0.2, -0.15) is 0 Å². The molecular formula is C23H32O2. The third-order valence-electron chi connectivity index (χ3n) is 5.98. The number of hydrogen-bond acceptors (Lipinski definition) is 2. The Hall–Kier alpha value is -1.96. The number of phenols is 2. The molecule has 136 valence electrons. The molecule has 2 heteroatoms. The lowest BCUT2D eigenvalue weighted by atomic mass is 9.64. The fraction of sp³-hybridized carbons (Fsp3) is 0.478. The fourth-order valence-corrected chi connectivity index (χ4v) is 4.25. The SMILES string of the molecule is CCC(CC)C(C)(c1cc(C)c(O)c(C)c1)c1cc(C)c(O)c(C)c1. The van der Waals surface area contributed by atoms with Gasteiger partial charge in [-0.3, -0.25) is 0 Å². The topological polar surface area (TPSA) is 40.5 Å². The molecule has 0 saturated heterocycles. The Bertz CT molecular complexity index is 666. The molecule has 0 heterocycles. The molecule has 0 bridgehead atoms. The highest BCUT2D eigenvalue weighted by Crippen LogP contribution is 2.45. The summed E-state index contributed by atoms with van der Waals surface area (Å²) in [5, 5.41) is 20.4. The van der Waals surface area contributed by atoms with Crippen molar-refractivity contribution in [1.29, 1.82) is 0 Å². The van der Waals surface area contributed by atoms with Crippen LogP contribution in [0.4, 0.5) is 0 Å².